The number of nitrogens with zero attached hydrogens (tertiary/aromatic N) is 1. The monoisotopic (exact) mass is 687 g/mol. The van der Waals surface area contributed by atoms with E-state index in [2.05, 4.69) is 224 Å². The Morgan fingerprint density at radius 3 is 0.685 bits per heavy atom. The lowest BCUT2D eigenvalue weighted by atomic mass is 9.89. The van der Waals surface area contributed by atoms with Crippen molar-refractivity contribution in [2.45, 2.75) is 0 Å². The van der Waals surface area contributed by atoms with Gasteiger partial charge in [0.25, 0.3) is 0 Å². The van der Waals surface area contributed by atoms with Crippen molar-refractivity contribution >= 4 is 0 Å². The number of hydrogen-bond acceptors (Lipinski definition) is 1. The largest absolute Gasteiger partial charge is 0.248 e. The minimum Gasteiger partial charge on any atom is -0.248 e. The van der Waals surface area contributed by atoms with Gasteiger partial charge in [0.15, 0.2) is 0 Å². The molecule has 9 rings (SSSR count). The van der Waals surface area contributed by atoms with Crippen LogP contribution in [0, 0.1) is 0 Å². The summed E-state index contributed by atoms with van der Waals surface area (Å²) in [5.74, 6) is 0. The van der Waals surface area contributed by atoms with Crippen molar-refractivity contribution in [3.05, 3.63) is 224 Å². The minimum absolute atomic E-state index is 0.948. The summed E-state index contributed by atoms with van der Waals surface area (Å²) in [6, 6.07) is 80.3. The first-order valence-corrected chi connectivity index (χ1v) is 18.4. The van der Waals surface area contributed by atoms with Crippen molar-refractivity contribution in [1.29, 1.82) is 0 Å². The molecule has 1 heterocycles. The van der Waals surface area contributed by atoms with Crippen molar-refractivity contribution in [3.8, 4) is 89.3 Å². The molecule has 0 atom stereocenters. The average Bonchev–Trinajstić information content (AvgIpc) is 3.27. The topological polar surface area (TPSA) is 12.9 Å². The van der Waals surface area contributed by atoms with Crippen LogP contribution in [0.5, 0.6) is 0 Å². The molecule has 0 radical (unpaired) electrons. The fourth-order valence-electron chi connectivity index (χ4n) is 7.21. The van der Waals surface area contributed by atoms with Crippen molar-refractivity contribution in [2.75, 3.05) is 0 Å². The third-order valence-electron chi connectivity index (χ3n) is 10.0. The Labute approximate surface area is 317 Å². The third-order valence-corrected chi connectivity index (χ3v) is 10.0. The lowest BCUT2D eigenvalue weighted by Crippen LogP contribution is -1.93. The third kappa shape index (κ3) is 7.04. The summed E-state index contributed by atoms with van der Waals surface area (Å²) >= 11 is 0. The van der Waals surface area contributed by atoms with Crippen LogP contribution in [0.15, 0.2) is 224 Å². The highest BCUT2D eigenvalue weighted by atomic mass is 14.7. The van der Waals surface area contributed by atoms with Crippen LogP contribution in [0.1, 0.15) is 0 Å². The van der Waals surface area contributed by atoms with Crippen molar-refractivity contribution in [3.63, 3.8) is 0 Å². The van der Waals surface area contributed by atoms with Gasteiger partial charge in [0.1, 0.15) is 0 Å². The fraction of sp³-hybridized carbons (Fsp3) is 0. The number of benzene rings is 8. The zero-order valence-electron chi connectivity index (χ0n) is 29.8. The molecule has 0 aliphatic carbocycles. The molecule has 0 N–H and O–H groups in total. The van der Waals surface area contributed by atoms with Gasteiger partial charge in [0.05, 0.1) is 11.4 Å². The first kappa shape index (κ1) is 32.8. The zero-order chi connectivity index (χ0) is 36.1. The van der Waals surface area contributed by atoms with Gasteiger partial charge in [-0.15, -0.1) is 0 Å². The van der Waals surface area contributed by atoms with Gasteiger partial charge >= 0.3 is 0 Å². The number of aromatic nitrogens is 1. The lowest BCUT2D eigenvalue weighted by Gasteiger charge is -2.16. The van der Waals surface area contributed by atoms with Gasteiger partial charge in [0, 0.05) is 11.1 Å². The summed E-state index contributed by atoms with van der Waals surface area (Å²) < 4.78 is 0. The predicted molar refractivity (Wildman–Crippen MR) is 228 cm³/mol. The Balaban J connectivity index is 1.26. The molecule has 9 aromatic rings. The molecule has 254 valence electrons. The van der Waals surface area contributed by atoms with Crippen LogP contribution < -0.4 is 0 Å². The molecule has 0 fully saturated rings. The van der Waals surface area contributed by atoms with Crippen LogP contribution in [0.3, 0.4) is 0 Å². The van der Waals surface area contributed by atoms with Gasteiger partial charge in [0.2, 0.25) is 0 Å². The highest BCUT2D eigenvalue weighted by Gasteiger charge is 2.14. The van der Waals surface area contributed by atoms with Crippen LogP contribution in [0.25, 0.3) is 89.3 Å². The maximum absolute atomic E-state index is 5.19. The summed E-state index contributed by atoms with van der Waals surface area (Å²) in [7, 11) is 0. The van der Waals surface area contributed by atoms with Crippen LogP contribution in [-0.2, 0) is 0 Å². The van der Waals surface area contributed by atoms with Crippen LogP contribution >= 0.6 is 0 Å². The van der Waals surface area contributed by atoms with E-state index in [1.165, 1.54) is 44.5 Å². The van der Waals surface area contributed by atoms with Gasteiger partial charge in [-0.1, -0.05) is 176 Å². The molecule has 0 aliphatic rings. The van der Waals surface area contributed by atoms with E-state index in [1.54, 1.807) is 0 Å². The van der Waals surface area contributed by atoms with Gasteiger partial charge in [-0.3, -0.25) is 0 Å². The fourth-order valence-corrected chi connectivity index (χ4v) is 7.21. The average molecular weight is 688 g/mol. The molecule has 1 heteroatoms. The maximum atomic E-state index is 5.19. The second-order valence-electron chi connectivity index (χ2n) is 13.6. The van der Waals surface area contributed by atoms with E-state index >= 15 is 0 Å². The van der Waals surface area contributed by atoms with E-state index in [4.69, 9.17) is 4.98 Å². The second-order valence-corrected chi connectivity index (χ2v) is 13.6. The van der Waals surface area contributed by atoms with E-state index in [9.17, 15) is 0 Å². The quantitative estimate of drug-likeness (QED) is 0.155. The molecule has 8 aromatic carbocycles. The van der Waals surface area contributed by atoms with Gasteiger partial charge in [-0.2, -0.15) is 0 Å². The van der Waals surface area contributed by atoms with Crippen LogP contribution in [0.4, 0.5) is 0 Å². The molecule has 0 amide bonds. The first-order chi connectivity index (χ1) is 26.7. The molecule has 1 nitrogen and oxygen atoms in total. The van der Waals surface area contributed by atoms with Crippen molar-refractivity contribution < 1.29 is 0 Å². The normalized spacial score (nSPS) is 11.0. The second kappa shape index (κ2) is 14.9. The zero-order valence-corrected chi connectivity index (χ0v) is 29.8. The van der Waals surface area contributed by atoms with Gasteiger partial charge in [-0.25, -0.2) is 4.98 Å². The van der Waals surface area contributed by atoms with Gasteiger partial charge in [-0.05, 0) is 115 Å². The van der Waals surface area contributed by atoms with E-state index < -0.39 is 0 Å². The molecule has 0 spiro atoms. The summed E-state index contributed by atoms with van der Waals surface area (Å²) in [5, 5.41) is 0. The highest BCUT2D eigenvalue weighted by Crippen LogP contribution is 2.39. The Morgan fingerprint density at radius 1 is 0.167 bits per heavy atom. The molecular formula is C53H37N. The van der Waals surface area contributed by atoms with Gasteiger partial charge < -0.3 is 0 Å². The molecule has 0 bridgehead atoms. The molecule has 0 aliphatic heterocycles. The summed E-state index contributed by atoms with van der Waals surface area (Å²) in [4.78, 5) is 5.19. The molecule has 0 saturated heterocycles. The molecule has 0 unspecified atom stereocenters. The molecule has 54 heavy (non-hydrogen) atoms. The first-order valence-electron chi connectivity index (χ1n) is 18.4. The Morgan fingerprint density at radius 2 is 0.370 bits per heavy atom. The minimum atomic E-state index is 0.948. The van der Waals surface area contributed by atoms with Crippen LogP contribution in [-0.4, -0.2) is 4.98 Å². The molecular weight excluding hydrogens is 651 g/mol. The standard InChI is InChI=1S/C53H37N/c1-6-16-38(17-7-1)41-26-28-42(29-27-41)47-33-49(48-31-45(39-18-8-2-9-19-39)30-46(32-48)40-20-10-3-11-21-40)35-50(34-47)51-36-52(43-22-12-4-13-23-43)54-53(37-51)44-24-14-5-15-25-44/h1-37H. The maximum Gasteiger partial charge on any atom is 0.0715 e. The Bertz CT molecular complexity index is 2390. The summed E-state index contributed by atoms with van der Waals surface area (Å²) in [6.45, 7) is 0. The molecule has 1 aromatic heterocycles. The summed E-state index contributed by atoms with van der Waals surface area (Å²) in [6.07, 6.45) is 0. The lowest BCUT2D eigenvalue weighted by molar-refractivity contribution is 1.32. The number of rotatable bonds is 8. The van der Waals surface area contributed by atoms with E-state index in [0.29, 0.717) is 0 Å². The smallest absolute Gasteiger partial charge is 0.0715 e. The summed E-state index contributed by atoms with van der Waals surface area (Å²) in [5.41, 5.74) is 18.2. The SMILES string of the molecule is c1ccc(-c2ccc(-c3cc(-c4cc(-c5ccccc5)cc(-c5ccccc5)c4)cc(-c4cc(-c5ccccc5)nc(-c5ccccc5)c4)c3)cc2)cc1. The number of pyridine rings is 1. The van der Waals surface area contributed by atoms with E-state index in [0.717, 1.165) is 44.8 Å². The number of hydrogen-bond donors (Lipinski definition) is 0. The predicted octanol–water partition coefficient (Wildman–Crippen LogP) is 14.4. The van der Waals surface area contributed by atoms with Crippen molar-refractivity contribution in [2.24, 2.45) is 0 Å². The van der Waals surface area contributed by atoms with E-state index in [-0.39, 0.29) is 0 Å². The Hall–Kier alpha value is -7.09. The van der Waals surface area contributed by atoms with Crippen molar-refractivity contribution in [1.82, 2.24) is 4.98 Å². The van der Waals surface area contributed by atoms with E-state index in [1.807, 2.05) is 0 Å². The Kier molecular flexibility index (Phi) is 9.03. The highest BCUT2D eigenvalue weighted by molar-refractivity contribution is 5.87. The van der Waals surface area contributed by atoms with Crippen LogP contribution in [0.2, 0.25) is 0 Å². The molecule has 0 saturated carbocycles.